The van der Waals surface area contributed by atoms with Gasteiger partial charge in [0.1, 0.15) is 5.82 Å². The molecule has 0 aliphatic heterocycles. The van der Waals surface area contributed by atoms with Crippen LogP contribution in [0.15, 0.2) is 59.7 Å². The lowest BCUT2D eigenvalue weighted by molar-refractivity contribution is -0.114. The van der Waals surface area contributed by atoms with E-state index in [4.69, 9.17) is 0 Å². The zero-order valence-corrected chi connectivity index (χ0v) is 15.2. The van der Waals surface area contributed by atoms with Gasteiger partial charge in [0.25, 0.3) is 0 Å². The molecular weight excluding hydrogens is 354 g/mol. The summed E-state index contributed by atoms with van der Waals surface area (Å²) in [6.45, 7) is 1.49. The van der Waals surface area contributed by atoms with Crippen LogP contribution in [-0.2, 0) is 11.2 Å². The number of anilines is 1. The third-order valence-corrected chi connectivity index (χ3v) is 4.38. The second-order valence-corrected chi connectivity index (χ2v) is 6.52. The van der Waals surface area contributed by atoms with Crippen molar-refractivity contribution in [1.29, 1.82) is 0 Å². The highest BCUT2D eigenvalue weighted by molar-refractivity contribution is 6.02. The average Bonchev–Trinajstić information content (AvgIpc) is 3.28. The summed E-state index contributed by atoms with van der Waals surface area (Å²) in [5, 5.41) is 20.5. The molecule has 140 valence electrons. The summed E-state index contributed by atoms with van der Waals surface area (Å²) >= 11 is 0. The quantitative estimate of drug-likeness (QED) is 0.399. The Kier molecular flexibility index (Phi) is 4.63. The number of rotatable bonds is 5. The highest BCUT2D eigenvalue weighted by atomic mass is 16.3. The molecular formula is C21H19N5O2. The molecule has 4 aromatic rings. The number of benzene rings is 2. The predicted octanol–water partition coefficient (Wildman–Crippen LogP) is 3.90. The summed E-state index contributed by atoms with van der Waals surface area (Å²) in [6.07, 6.45) is 3.98. The molecule has 0 radical (unpaired) electrons. The summed E-state index contributed by atoms with van der Waals surface area (Å²) in [5.41, 5.74) is 4.48. The number of hydrogen-bond acceptors (Lipinski definition) is 4. The number of carbonyl (C=O) groups excluding carboxylic acids is 1. The van der Waals surface area contributed by atoms with Gasteiger partial charge < -0.3 is 15.4 Å². The molecule has 0 saturated heterocycles. The van der Waals surface area contributed by atoms with E-state index in [1.807, 2.05) is 42.5 Å². The van der Waals surface area contributed by atoms with Crippen LogP contribution in [0.5, 0.6) is 5.88 Å². The normalized spacial score (nSPS) is 11.3. The Morgan fingerprint density at radius 2 is 1.96 bits per heavy atom. The minimum absolute atomic E-state index is 0.0788. The number of nitrogens with one attached hydrogen (secondary N) is 3. The van der Waals surface area contributed by atoms with Crippen molar-refractivity contribution < 1.29 is 9.90 Å². The van der Waals surface area contributed by atoms with Gasteiger partial charge >= 0.3 is 0 Å². The molecule has 0 aliphatic carbocycles. The summed E-state index contributed by atoms with van der Waals surface area (Å²) in [5.74, 6) is 0.606. The lowest BCUT2D eigenvalue weighted by atomic mass is 10.0. The van der Waals surface area contributed by atoms with Gasteiger partial charge in [-0.2, -0.15) is 5.10 Å². The molecule has 2 aromatic carbocycles. The van der Waals surface area contributed by atoms with E-state index in [1.165, 1.54) is 6.92 Å². The number of aromatic hydroxyl groups is 1. The van der Waals surface area contributed by atoms with E-state index in [1.54, 1.807) is 18.5 Å². The van der Waals surface area contributed by atoms with Crippen LogP contribution >= 0.6 is 0 Å². The van der Waals surface area contributed by atoms with E-state index < -0.39 is 0 Å². The number of aromatic amines is 2. The van der Waals surface area contributed by atoms with Crippen molar-refractivity contribution in [2.75, 3.05) is 5.32 Å². The van der Waals surface area contributed by atoms with E-state index in [9.17, 15) is 9.90 Å². The third-order valence-electron chi connectivity index (χ3n) is 4.38. The first kappa shape index (κ1) is 17.5. The van der Waals surface area contributed by atoms with Gasteiger partial charge in [-0.25, -0.2) is 4.99 Å². The summed E-state index contributed by atoms with van der Waals surface area (Å²) in [7, 11) is 0. The summed E-state index contributed by atoms with van der Waals surface area (Å²) in [6, 6.07) is 15.5. The van der Waals surface area contributed by atoms with Crippen LogP contribution in [0.3, 0.4) is 0 Å². The van der Waals surface area contributed by atoms with Crippen LogP contribution < -0.4 is 5.32 Å². The van der Waals surface area contributed by atoms with Crippen molar-refractivity contribution in [3.05, 3.63) is 71.4 Å². The molecule has 7 heteroatoms. The minimum atomic E-state index is -0.0882. The van der Waals surface area contributed by atoms with E-state index in [0.29, 0.717) is 11.4 Å². The molecule has 2 aromatic heterocycles. The van der Waals surface area contributed by atoms with Crippen LogP contribution in [0.25, 0.3) is 10.9 Å². The van der Waals surface area contributed by atoms with E-state index in [2.05, 4.69) is 25.5 Å². The zero-order valence-electron chi connectivity index (χ0n) is 15.2. The number of amides is 1. The molecule has 4 N–H and O–H groups in total. The highest BCUT2D eigenvalue weighted by Gasteiger charge is 2.10. The zero-order chi connectivity index (χ0) is 19.5. The molecule has 0 bridgehead atoms. The van der Waals surface area contributed by atoms with Gasteiger partial charge in [0, 0.05) is 35.8 Å². The first-order valence-corrected chi connectivity index (χ1v) is 8.82. The molecule has 0 aliphatic rings. The number of H-pyrrole nitrogens is 2. The molecule has 2 heterocycles. The Bertz CT molecular complexity index is 1140. The largest absolute Gasteiger partial charge is 0.494 e. The van der Waals surface area contributed by atoms with Gasteiger partial charge in [-0.05, 0) is 41.8 Å². The van der Waals surface area contributed by atoms with E-state index >= 15 is 0 Å². The number of nitrogens with zero attached hydrogens (tertiary/aromatic N) is 2. The first-order chi connectivity index (χ1) is 13.6. The van der Waals surface area contributed by atoms with Crippen LogP contribution in [0, 0.1) is 0 Å². The number of hydrogen-bond donors (Lipinski definition) is 4. The van der Waals surface area contributed by atoms with Crippen molar-refractivity contribution in [3.63, 3.8) is 0 Å². The van der Waals surface area contributed by atoms with Crippen molar-refractivity contribution in [2.24, 2.45) is 4.99 Å². The average molecular weight is 373 g/mol. The number of aliphatic imine (C=N–C) groups is 1. The Hall–Kier alpha value is -3.87. The second kappa shape index (κ2) is 7.40. The fourth-order valence-electron chi connectivity index (χ4n) is 3.09. The van der Waals surface area contributed by atoms with E-state index in [-0.39, 0.29) is 11.8 Å². The Labute approximate surface area is 161 Å². The van der Waals surface area contributed by atoms with Gasteiger partial charge in [0.2, 0.25) is 5.91 Å². The van der Waals surface area contributed by atoms with Gasteiger partial charge in [-0.1, -0.05) is 18.2 Å². The van der Waals surface area contributed by atoms with Crippen LogP contribution in [0.4, 0.5) is 11.5 Å². The Morgan fingerprint density at radius 3 is 2.68 bits per heavy atom. The van der Waals surface area contributed by atoms with Gasteiger partial charge in [-0.15, -0.1) is 0 Å². The molecule has 28 heavy (non-hydrogen) atoms. The topological polar surface area (TPSA) is 106 Å². The minimum Gasteiger partial charge on any atom is -0.494 e. The van der Waals surface area contributed by atoms with Gasteiger partial charge in [-0.3, -0.25) is 9.89 Å². The second-order valence-electron chi connectivity index (χ2n) is 6.52. The molecule has 0 fully saturated rings. The van der Waals surface area contributed by atoms with Crippen molar-refractivity contribution >= 4 is 34.5 Å². The Balaban J connectivity index is 1.60. The molecule has 4 rings (SSSR count). The maximum absolute atomic E-state index is 11.1. The van der Waals surface area contributed by atoms with Gasteiger partial charge in [0.05, 0.1) is 11.8 Å². The first-order valence-electron chi connectivity index (χ1n) is 8.82. The fourth-order valence-corrected chi connectivity index (χ4v) is 3.09. The maximum atomic E-state index is 11.1. The lowest BCUT2D eigenvalue weighted by Crippen LogP contribution is -2.05. The molecule has 7 nitrogen and oxygen atoms in total. The fraction of sp³-hybridized carbons (Fsp3) is 0.0952. The van der Waals surface area contributed by atoms with Crippen molar-refractivity contribution in [3.8, 4) is 5.88 Å². The number of fused-ring (bicyclic) bond motifs is 1. The molecule has 0 unspecified atom stereocenters. The monoisotopic (exact) mass is 373 g/mol. The van der Waals surface area contributed by atoms with E-state index in [0.717, 1.165) is 34.1 Å². The maximum Gasteiger partial charge on any atom is 0.221 e. The molecule has 1 amide bonds. The van der Waals surface area contributed by atoms with Crippen molar-refractivity contribution in [1.82, 2.24) is 15.2 Å². The lowest BCUT2D eigenvalue weighted by Gasteiger charge is -2.05. The van der Waals surface area contributed by atoms with Crippen LogP contribution in [-0.4, -0.2) is 32.4 Å². The third kappa shape index (κ3) is 3.78. The SMILES string of the molecule is CC(=O)Nc1ccc(Cc2ccc3[nH]c(O)c(C=Nc4ccn[nH]4)c3c2)cc1. The van der Waals surface area contributed by atoms with Crippen LogP contribution in [0.1, 0.15) is 23.6 Å². The molecule has 0 spiro atoms. The number of carbonyl (C=O) groups is 1. The molecule has 0 saturated carbocycles. The predicted molar refractivity (Wildman–Crippen MR) is 109 cm³/mol. The molecule has 0 atom stereocenters. The Morgan fingerprint density at radius 1 is 1.18 bits per heavy atom. The number of aromatic nitrogens is 3. The summed E-state index contributed by atoms with van der Waals surface area (Å²) < 4.78 is 0. The van der Waals surface area contributed by atoms with Gasteiger partial charge in [0.15, 0.2) is 5.88 Å². The smallest absolute Gasteiger partial charge is 0.221 e. The van der Waals surface area contributed by atoms with Crippen LogP contribution in [0.2, 0.25) is 0 Å². The summed E-state index contributed by atoms with van der Waals surface area (Å²) in [4.78, 5) is 18.4. The van der Waals surface area contributed by atoms with Crippen molar-refractivity contribution in [2.45, 2.75) is 13.3 Å². The highest BCUT2D eigenvalue weighted by Crippen LogP contribution is 2.28. The standard InChI is InChI=1S/C21H19N5O2/c1-13(27)24-16-5-2-14(3-6-16)10-15-4-7-19-17(11-15)18(21(28)25-19)12-22-20-8-9-23-26-20/h2-9,11-12,25,28H,10H2,1H3,(H,23,26)(H,24,27).